The van der Waals surface area contributed by atoms with Gasteiger partial charge >= 0.3 is 0 Å². The summed E-state index contributed by atoms with van der Waals surface area (Å²) in [4.78, 5) is 0. The first kappa shape index (κ1) is 19.7. The second-order valence-electron chi connectivity index (χ2n) is 4.05. The van der Waals surface area contributed by atoms with Crippen molar-refractivity contribution in [2.24, 2.45) is 0 Å². The predicted molar refractivity (Wildman–Crippen MR) is 94.2 cm³/mol. The maximum absolute atomic E-state index is 5.68. The average molecular weight is 369 g/mol. The van der Waals surface area contributed by atoms with Gasteiger partial charge in [0.2, 0.25) is 0 Å². The van der Waals surface area contributed by atoms with Gasteiger partial charge in [-0.3, -0.25) is 0 Å². The molecule has 0 aliphatic rings. The van der Waals surface area contributed by atoms with Gasteiger partial charge in [0.05, 0.1) is 42.6 Å². The van der Waals surface area contributed by atoms with Crippen molar-refractivity contribution in [2.75, 3.05) is 0 Å². The van der Waals surface area contributed by atoms with Crippen LogP contribution in [0.4, 0.5) is 0 Å². The molecule has 4 aromatic heterocycles. The summed E-state index contributed by atoms with van der Waals surface area (Å²) < 4.78 is 18.7. The molecule has 0 aliphatic heterocycles. The fourth-order valence-corrected chi connectivity index (χ4v) is 1.65. The second kappa shape index (κ2) is 13.2. The molecule has 0 amide bonds. The second-order valence-corrected chi connectivity index (χ2v) is 4.84. The van der Waals surface area contributed by atoms with Crippen molar-refractivity contribution in [3.8, 4) is 0 Å². The van der Waals surface area contributed by atoms with Crippen LogP contribution in [0, 0.1) is 0 Å². The quantitative estimate of drug-likeness (QED) is 0.363. The van der Waals surface area contributed by atoms with Crippen molar-refractivity contribution in [3.05, 3.63) is 96.0 Å². The minimum atomic E-state index is 0.494. The first-order valence-electron chi connectivity index (χ1n) is 7.08. The molecule has 24 heavy (non-hydrogen) atoms. The fourth-order valence-electron chi connectivity index (χ4n) is 1.28. The zero-order chi connectivity index (χ0) is 17.5. The molecular formula is C18H18Cl2O4. The van der Waals surface area contributed by atoms with E-state index < -0.39 is 0 Å². The van der Waals surface area contributed by atoms with Gasteiger partial charge in [-0.15, -0.1) is 0 Å². The Morgan fingerprint density at radius 3 is 1.21 bits per heavy atom. The summed E-state index contributed by atoms with van der Waals surface area (Å²) in [7, 11) is 0. The Balaban J connectivity index is 0.000000167. The molecule has 0 atom stereocenters. The number of hydrogen-bond acceptors (Lipinski definition) is 4. The van der Waals surface area contributed by atoms with Crippen LogP contribution in [-0.2, 0) is 6.42 Å². The molecule has 0 aromatic carbocycles. The van der Waals surface area contributed by atoms with Gasteiger partial charge in [-0.25, -0.2) is 0 Å². The lowest BCUT2D eigenvalue weighted by Crippen LogP contribution is -1.71. The van der Waals surface area contributed by atoms with E-state index in [1.54, 1.807) is 37.6 Å². The van der Waals surface area contributed by atoms with Gasteiger partial charge < -0.3 is 17.7 Å². The van der Waals surface area contributed by atoms with E-state index in [1.165, 1.54) is 6.26 Å². The van der Waals surface area contributed by atoms with E-state index in [1.807, 2.05) is 43.3 Å². The van der Waals surface area contributed by atoms with E-state index in [2.05, 4.69) is 13.3 Å². The van der Waals surface area contributed by atoms with Crippen molar-refractivity contribution in [3.63, 3.8) is 0 Å². The maximum Gasteiger partial charge on any atom is 0.123 e. The smallest absolute Gasteiger partial charge is 0.123 e. The summed E-state index contributed by atoms with van der Waals surface area (Å²) in [6, 6.07) is 11.0. The molecule has 0 bridgehead atoms. The van der Waals surface area contributed by atoms with Gasteiger partial charge in [-0.1, -0.05) is 30.1 Å². The van der Waals surface area contributed by atoms with Crippen LogP contribution in [0.5, 0.6) is 0 Å². The van der Waals surface area contributed by atoms with Gasteiger partial charge in [0.1, 0.15) is 17.0 Å². The Kier molecular flexibility index (Phi) is 10.8. The molecule has 0 saturated carbocycles. The lowest BCUT2D eigenvalue weighted by Gasteiger charge is -1.85. The normalized spacial score (nSPS) is 8.79. The highest BCUT2D eigenvalue weighted by molar-refractivity contribution is 6.42. The van der Waals surface area contributed by atoms with Gasteiger partial charge in [0, 0.05) is 6.42 Å². The first-order valence-corrected chi connectivity index (χ1v) is 7.84. The molecule has 4 heterocycles. The molecule has 4 rings (SSSR count). The predicted octanol–water partition coefficient (Wildman–Crippen LogP) is 6.99. The number of halogens is 2. The Bertz CT molecular complexity index is 570. The molecule has 4 nitrogen and oxygen atoms in total. The Hall–Kier alpha value is -2.30. The molecule has 0 saturated heterocycles. The Morgan fingerprint density at radius 2 is 1.08 bits per heavy atom. The zero-order valence-corrected chi connectivity index (χ0v) is 14.6. The Labute approximate surface area is 150 Å². The molecule has 6 heteroatoms. The van der Waals surface area contributed by atoms with Crippen LogP contribution in [0.25, 0.3) is 0 Å². The SMILES string of the molecule is CCc1occ(Cl)c1Cl.c1ccoc1.c1ccoc1.c1ccoc1. The fraction of sp³-hybridized carbons (Fsp3) is 0.111. The minimum Gasteiger partial charge on any atom is -0.473 e. The van der Waals surface area contributed by atoms with Crippen LogP contribution in [0.15, 0.2) is 97.9 Å². The standard InChI is InChI=1S/C6H6Cl2O.3C4H4O/c1-2-5-6(8)4(7)3-9-5;3*1-2-4-5-3-1/h3H,2H2,1H3;3*1-4H. The summed E-state index contributed by atoms with van der Waals surface area (Å²) in [5.41, 5.74) is 0. The summed E-state index contributed by atoms with van der Waals surface area (Å²) in [5.74, 6) is 0.752. The van der Waals surface area contributed by atoms with Gasteiger partial charge in [0.25, 0.3) is 0 Å². The van der Waals surface area contributed by atoms with E-state index in [4.69, 9.17) is 27.6 Å². The van der Waals surface area contributed by atoms with Crippen molar-refractivity contribution in [2.45, 2.75) is 13.3 Å². The number of hydrogen-bond donors (Lipinski definition) is 0. The highest BCUT2D eigenvalue weighted by atomic mass is 35.5. The van der Waals surface area contributed by atoms with Gasteiger partial charge in [0.15, 0.2) is 0 Å². The first-order chi connectivity index (χ1) is 11.8. The third kappa shape index (κ3) is 8.98. The molecule has 0 fully saturated rings. The summed E-state index contributed by atoms with van der Waals surface area (Å²) in [6.07, 6.45) is 12.0. The van der Waals surface area contributed by atoms with Gasteiger partial charge in [-0.2, -0.15) is 0 Å². The molecule has 4 aromatic rings. The van der Waals surface area contributed by atoms with E-state index in [-0.39, 0.29) is 0 Å². The van der Waals surface area contributed by atoms with E-state index in [9.17, 15) is 0 Å². The van der Waals surface area contributed by atoms with Crippen LogP contribution in [0.1, 0.15) is 12.7 Å². The van der Waals surface area contributed by atoms with Crippen LogP contribution >= 0.6 is 23.2 Å². The molecular weight excluding hydrogens is 351 g/mol. The largest absolute Gasteiger partial charge is 0.473 e. The van der Waals surface area contributed by atoms with Crippen molar-refractivity contribution < 1.29 is 17.7 Å². The molecule has 0 radical (unpaired) electrons. The summed E-state index contributed by atoms with van der Waals surface area (Å²) >= 11 is 11.3. The minimum absolute atomic E-state index is 0.494. The number of furan rings is 4. The highest BCUT2D eigenvalue weighted by Crippen LogP contribution is 2.27. The Morgan fingerprint density at radius 1 is 0.708 bits per heavy atom. The number of aryl methyl sites for hydroxylation is 1. The molecule has 128 valence electrons. The van der Waals surface area contributed by atoms with Crippen molar-refractivity contribution in [1.29, 1.82) is 0 Å². The third-order valence-electron chi connectivity index (χ3n) is 2.36. The van der Waals surface area contributed by atoms with Crippen molar-refractivity contribution >= 4 is 23.2 Å². The van der Waals surface area contributed by atoms with Crippen molar-refractivity contribution in [1.82, 2.24) is 0 Å². The van der Waals surface area contributed by atoms with Crippen LogP contribution in [0.3, 0.4) is 0 Å². The summed E-state index contributed by atoms with van der Waals surface area (Å²) in [6.45, 7) is 1.96. The molecule has 0 spiro atoms. The van der Waals surface area contributed by atoms with Gasteiger partial charge in [-0.05, 0) is 36.4 Å². The molecule has 0 N–H and O–H groups in total. The summed E-state index contributed by atoms with van der Waals surface area (Å²) in [5, 5.41) is 1.03. The van der Waals surface area contributed by atoms with E-state index in [0.29, 0.717) is 10.0 Å². The molecule has 0 aliphatic carbocycles. The highest BCUT2D eigenvalue weighted by Gasteiger charge is 2.05. The topological polar surface area (TPSA) is 52.6 Å². The third-order valence-corrected chi connectivity index (χ3v) is 3.15. The lowest BCUT2D eigenvalue weighted by atomic mass is 10.4. The number of rotatable bonds is 1. The van der Waals surface area contributed by atoms with E-state index in [0.717, 1.165) is 12.2 Å². The monoisotopic (exact) mass is 368 g/mol. The molecule has 0 unspecified atom stereocenters. The van der Waals surface area contributed by atoms with E-state index >= 15 is 0 Å². The average Bonchev–Trinajstić information content (AvgIpc) is 3.42. The maximum atomic E-state index is 5.68. The van der Waals surface area contributed by atoms with Crippen LogP contribution in [-0.4, -0.2) is 0 Å². The van der Waals surface area contributed by atoms with Crippen LogP contribution in [0.2, 0.25) is 10.0 Å². The zero-order valence-electron chi connectivity index (χ0n) is 13.1. The van der Waals surface area contributed by atoms with Crippen LogP contribution < -0.4 is 0 Å². The lowest BCUT2D eigenvalue weighted by molar-refractivity contribution is 0.516.